The molecule has 0 saturated heterocycles. The fourth-order valence-corrected chi connectivity index (χ4v) is 2.49. The van der Waals surface area contributed by atoms with Crippen LogP contribution < -0.4 is 5.73 Å². The van der Waals surface area contributed by atoms with E-state index in [1.807, 2.05) is 0 Å². The van der Waals surface area contributed by atoms with E-state index in [9.17, 15) is 4.79 Å². The summed E-state index contributed by atoms with van der Waals surface area (Å²) >= 11 is 5.92. The van der Waals surface area contributed by atoms with E-state index in [0.29, 0.717) is 23.7 Å². The van der Waals surface area contributed by atoms with Gasteiger partial charge in [-0.05, 0) is 30.2 Å². The largest absolute Gasteiger partial charge is 0.368 e. The lowest BCUT2D eigenvalue weighted by atomic mass is 10.1. The van der Waals surface area contributed by atoms with E-state index in [1.54, 1.807) is 35.4 Å². The Balaban J connectivity index is 1.84. The Hall–Kier alpha value is -2.14. The van der Waals surface area contributed by atoms with Crippen molar-refractivity contribution >= 4 is 23.5 Å². The van der Waals surface area contributed by atoms with Crippen molar-refractivity contribution < 1.29 is 4.79 Å². The van der Waals surface area contributed by atoms with Crippen molar-refractivity contribution in [1.29, 1.82) is 0 Å². The molecule has 5 nitrogen and oxygen atoms in total. The van der Waals surface area contributed by atoms with Crippen LogP contribution in [0.1, 0.15) is 21.6 Å². The zero-order valence-electron chi connectivity index (χ0n) is 10.7. The molecule has 0 atom stereocenters. The third kappa shape index (κ3) is 2.44. The van der Waals surface area contributed by atoms with E-state index in [4.69, 9.17) is 17.3 Å². The molecule has 1 amide bonds. The fourth-order valence-electron chi connectivity index (χ4n) is 2.30. The molecule has 0 radical (unpaired) electrons. The zero-order valence-corrected chi connectivity index (χ0v) is 11.5. The number of fused-ring (bicyclic) bond motifs is 1. The lowest BCUT2D eigenvalue weighted by molar-refractivity contribution is 0.0731. The van der Waals surface area contributed by atoms with Gasteiger partial charge in [-0.2, -0.15) is 0 Å². The summed E-state index contributed by atoms with van der Waals surface area (Å²) in [4.78, 5) is 22.4. The lowest BCUT2D eigenvalue weighted by Crippen LogP contribution is -2.36. The number of hydrogen-bond donors (Lipinski definition) is 1. The highest BCUT2D eigenvalue weighted by Gasteiger charge is 2.23. The van der Waals surface area contributed by atoms with Crippen LogP contribution in [0.15, 0.2) is 30.5 Å². The van der Waals surface area contributed by atoms with Crippen LogP contribution in [-0.2, 0) is 13.0 Å². The van der Waals surface area contributed by atoms with Gasteiger partial charge in [0, 0.05) is 23.3 Å². The molecule has 1 aliphatic rings. The maximum atomic E-state index is 12.4. The predicted octanol–water partition coefficient (Wildman–Crippen LogP) is 1.91. The number of halogens is 1. The summed E-state index contributed by atoms with van der Waals surface area (Å²) < 4.78 is 0. The van der Waals surface area contributed by atoms with Gasteiger partial charge >= 0.3 is 0 Å². The second kappa shape index (κ2) is 5.09. The number of anilines is 1. The Bertz CT molecular complexity index is 674. The third-order valence-electron chi connectivity index (χ3n) is 3.32. The van der Waals surface area contributed by atoms with E-state index >= 15 is 0 Å². The van der Waals surface area contributed by atoms with Gasteiger partial charge in [-0.15, -0.1) is 0 Å². The highest BCUT2D eigenvalue weighted by Crippen LogP contribution is 2.20. The minimum Gasteiger partial charge on any atom is -0.368 e. The summed E-state index contributed by atoms with van der Waals surface area (Å²) in [6, 6.07) is 6.96. The van der Waals surface area contributed by atoms with Gasteiger partial charge in [0.1, 0.15) is 0 Å². The molecule has 20 heavy (non-hydrogen) atoms. The first-order chi connectivity index (χ1) is 9.63. The SMILES string of the molecule is Nc1ncc2c(n1)CN(C(=O)c1cccc(Cl)c1)CC2. The van der Waals surface area contributed by atoms with Crippen molar-refractivity contribution in [2.45, 2.75) is 13.0 Å². The normalized spacial score (nSPS) is 13.9. The Morgan fingerprint density at radius 1 is 1.40 bits per heavy atom. The van der Waals surface area contributed by atoms with Gasteiger partial charge in [0.2, 0.25) is 5.95 Å². The van der Waals surface area contributed by atoms with Crippen LogP contribution >= 0.6 is 11.6 Å². The van der Waals surface area contributed by atoms with Gasteiger partial charge in [0.15, 0.2) is 0 Å². The smallest absolute Gasteiger partial charge is 0.254 e. The average molecular weight is 289 g/mol. The number of rotatable bonds is 1. The summed E-state index contributed by atoms with van der Waals surface area (Å²) in [5.41, 5.74) is 8.05. The zero-order chi connectivity index (χ0) is 14.1. The van der Waals surface area contributed by atoms with Crippen LogP contribution in [0.3, 0.4) is 0 Å². The molecule has 1 aliphatic heterocycles. The minimum absolute atomic E-state index is 0.0460. The number of nitrogen functional groups attached to an aromatic ring is 1. The third-order valence-corrected chi connectivity index (χ3v) is 3.56. The molecule has 1 aromatic carbocycles. The van der Waals surface area contributed by atoms with Crippen molar-refractivity contribution in [1.82, 2.24) is 14.9 Å². The quantitative estimate of drug-likeness (QED) is 0.870. The van der Waals surface area contributed by atoms with Crippen LogP contribution in [-0.4, -0.2) is 27.3 Å². The van der Waals surface area contributed by atoms with E-state index in [2.05, 4.69) is 9.97 Å². The Kier molecular flexibility index (Phi) is 3.28. The van der Waals surface area contributed by atoms with Crippen molar-refractivity contribution in [2.75, 3.05) is 12.3 Å². The molecule has 2 aromatic rings. The second-order valence-corrected chi connectivity index (χ2v) is 5.12. The standard InChI is InChI=1S/C14H13ClN4O/c15-11-3-1-2-9(6-11)13(20)19-5-4-10-7-17-14(16)18-12(10)8-19/h1-3,6-7H,4-5,8H2,(H2,16,17,18). The molecular weight excluding hydrogens is 276 g/mol. The van der Waals surface area contributed by atoms with E-state index < -0.39 is 0 Å². The molecular formula is C14H13ClN4O. The first-order valence-corrected chi connectivity index (χ1v) is 6.66. The molecule has 102 valence electrons. The Morgan fingerprint density at radius 3 is 3.05 bits per heavy atom. The number of hydrogen-bond acceptors (Lipinski definition) is 4. The number of amides is 1. The number of aromatic nitrogens is 2. The molecule has 2 heterocycles. The summed E-state index contributed by atoms with van der Waals surface area (Å²) in [5.74, 6) is 0.191. The summed E-state index contributed by atoms with van der Waals surface area (Å²) in [6.07, 6.45) is 2.47. The first-order valence-electron chi connectivity index (χ1n) is 6.28. The maximum absolute atomic E-state index is 12.4. The van der Waals surface area contributed by atoms with Crippen molar-refractivity contribution in [2.24, 2.45) is 0 Å². The Labute approximate surface area is 121 Å². The molecule has 3 rings (SSSR count). The van der Waals surface area contributed by atoms with Gasteiger partial charge in [-0.1, -0.05) is 17.7 Å². The van der Waals surface area contributed by atoms with E-state index in [0.717, 1.165) is 17.7 Å². The number of carbonyl (C=O) groups is 1. The number of nitrogens with zero attached hydrogens (tertiary/aromatic N) is 3. The highest BCUT2D eigenvalue weighted by molar-refractivity contribution is 6.30. The molecule has 0 bridgehead atoms. The number of benzene rings is 1. The minimum atomic E-state index is -0.0460. The first kappa shape index (κ1) is 12.9. The van der Waals surface area contributed by atoms with Gasteiger partial charge in [-0.25, -0.2) is 9.97 Å². The molecule has 0 spiro atoms. The fraction of sp³-hybridized carbons (Fsp3) is 0.214. The summed E-state index contributed by atoms with van der Waals surface area (Å²) in [6.45, 7) is 1.10. The van der Waals surface area contributed by atoms with Crippen LogP contribution in [0.25, 0.3) is 0 Å². The predicted molar refractivity (Wildman–Crippen MR) is 76.3 cm³/mol. The van der Waals surface area contributed by atoms with Gasteiger partial charge in [-0.3, -0.25) is 4.79 Å². The van der Waals surface area contributed by atoms with Crippen LogP contribution in [0.4, 0.5) is 5.95 Å². The number of carbonyl (C=O) groups excluding carboxylic acids is 1. The molecule has 0 fully saturated rings. The molecule has 6 heteroatoms. The van der Waals surface area contributed by atoms with E-state index in [-0.39, 0.29) is 11.9 Å². The molecule has 2 N–H and O–H groups in total. The van der Waals surface area contributed by atoms with Gasteiger partial charge in [0.05, 0.1) is 12.2 Å². The Morgan fingerprint density at radius 2 is 2.25 bits per heavy atom. The van der Waals surface area contributed by atoms with Crippen LogP contribution in [0, 0.1) is 0 Å². The molecule has 1 aromatic heterocycles. The van der Waals surface area contributed by atoms with Crippen LogP contribution in [0.2, 0.25) is 5.02 Å². The van der Waals surface area contributed by atoms with Gasteiger partial charge < -0.3 is 10.6 Å². The van der Waals surface area contributed by atoms with E-state index in [1.165, 1.54) is 0 Å². The molecule has 0 saturated carbocycles. The maximum Gasteiger partial charge on any atom is 0.254 e. The summed E-state index contributed by atoms with van der Waals surface area (Å²) in [7, 11) is 0. The van der Waals surface area contributed by atoms with Crippen molar-refractivity contribution in [3.8, 4) is 0 Å². The van der Waals surface area contributed by atoms with Gasteiger partial charge in [0.25, 0.3) is 5.91 Å². The van der Waals surface area contributed by atoms with Crippen molar-refractivity contribution in [3.05, 3.63) is 52.3 Å². The lowest BCUT2D eigenvalue weighted by Gasteiger charge is -2.28. The van der Waals surface area contributed by atoms with Crippen molar-refractivity contribution in [3.63, 3.8) is 0 Å². The topological polar surface area (TPSA) is 72.1 Å². The molecule has 0 aliphatic carbocycles. The molecule has 0 unspecified atom stereocenters. The second-order valence-electron chi connectivity index (χ2n) is 4.69. The monoisotopic (exact) mass is 288 g/mol. The highest BCUT2D eigenvalue weighted by atomic mass is 35.5. The van der Waals surface area contributed by atoms with Crippen LogP contribution in [0.5, 0.6) is 0 Å². The number of nitrogens with two attached hydrogens (primary N) is 1. The average Bonchev–Trinajstić information content (AvgIpc) is 2.45. The summed E-state index contributed by atoms with van der Waals surface area (Å²) in [5, 5.41) is 0.555.